The number of carbonyl (C=O) groups excluding carboxylic acids is 3. The molecular weight excluding hydrogens is 642 g/mol. The molecule has 0 aliphatic carbocycles. The molecule has 3 heterocycles. The molecule has 4 rings (SSSR count). The number of aliphatic hydroxyl groups is 1. The van der Waals surface area contributed by atoms with Crippen LogP contribution < -0.4 is 9.64 Å². The lowest BCUT2D eigenvalue weighted by Crippen LogP contribution is -2.60. The normalized spacial score (nSPS) is 28.5. The van der Waals surface area contributed by atoms with Gasteiger partial charge in [0.2, 0.25) is 17.7 Å². The minimum Gasteiger partial charge on any atom is -0.494 e. The van der Waals surface area contributed by atoms with Crippen LogP contribution in [0.3, 0.4) is 0 Å². The molecule has 1 aromatic carbocycles. The Labute approximate surface area is 275 Å². The van der Waals surface area contributed by atoms with E-state index in [9.17, 15) is 19.5 Å². The number of benzene rings is 1. The van der Waals surface area contributed by atoms with Crippen molar-refractivity contribution >= 4 is 51.1 Å². The standard InChI is InChI=1S/C34H48BrN3O5S/c1-8-12-22(7)36(17-9-2)33(42)30-34-19-25(35)29(44-34)27(28(34)32(41)38(30)26(20-39)21(5)6)31(40)37(18-10-3)23-13-15-24(16-14-23)43-11-4/h9-10,13-16,21-22,25-30,39H,2-3,8,11-12,17-20H2,1,4-7H3/t22?,25?,26-,27-,28-,29-,30?,34?/m0/s1. The number of alkyl halides is 1. The lowest BCUT2D eigenvalue weighted by molar-refractivity contribution is -0.147. The number of rotatable bonds is 15. The molecular formula is C34H48BrN3O5S. The summed E-state index contributed by atoms with van der Waals surface area (Å²) in [7, 11) is 0. The Hall–Kier alpha value is -2.30. The van der Waals surface area contributed by atoms with Crippen LogP contribution >= 0.6 is 27.7 Å². The van der Waals surface area contributed by atoms with Crippen molar-refractivity contribution in [2.75, 3.05) is 31.2 Å². The molecule has 0 aromatic heterocycles. The average molecular weight is 691 g/mol. The number of likely N-dealkylation sites (tertiary alicyclic amines) is 1. The molecule has 44 heavy (non-hydrogen) atoms. The van der Waals surface area contributed by atoms with Gasteiger partial charge in [-0.05, 0) is 56.9 Å². The zero-order valence-corrected chi connectivity index (χ0v) is 29.1. The van der Waals surface area contributed by atoms with Crippen molar-refractivity contribution < 1.29 is 24.2 Å². The molecule has 1 N–H and O–H groups in total. The van der Waals surface area contributed by atoms with Crippen LogP contribution in [0.4, 0.5) is 5.69 Å². The number of hydrogen-bond donors (Lipinski definition) is 1. The third kappa shape index (κ3) is 5.98. The fourth-order valence-electron chi connectivity index (χ4n) is 7.48. The first-order chi connectivity index (χ1) is 21.0. The molecule has 4 unspecified atom stereocenters. The van der Waals surface area contributed by atoms with E-state index in [1.165, 1.54) is 0 Å². The Bertz CT molecular complexity index is 1230. The van der Waals surface area contributed by atoms with E-state index in [0.29, 0.717) is 31.0 Å². The maximum Gasteiger partial charge on any atom is 0.247 e. The minimum absolute atomic E-state index is 0.0481. The van der Waals surface area contributed by atoms with Crippen LogP contribution in [-0.4, -0.2) is 91.9 Å². The monoisotopic (exact) mass is 689 g/mol. The summed E-state index contributed by atoms with van der Waals surface area (Å²) >= 11 is 5.50. The Morgan fingerprint density at radius 1 is 1.16 bits per heavy atom. The summed E-state index contributed by atoms with van der Waals surface area (Å²) in [6.07, 6.45) is 5.74. The minimum atomic E-state index is -0.806. The predicted octanol–water partition coefficient (Wildman–Crippen LogP) is 5.29. The first-order valence-corrected chi connectivity index (χ1v) is 17.6. The van der Waals surface area contributed by atoms with Crippen molar-refractivity contribution in [3.8, 4) is 5.75 Å². The number of fused-ring (bicyclic) bond motifs is 1. The summed E-state index contributed by atoms with van der Waals surface area (Å²) in [5.41, 5.74) is 0.696. The molecule has 3 aliphatic heterocycles. The lowest BCUT2D eigenvalue weighted by atomic mass is 9.70. The number of hydrogen-bond acceptors (Lipinski definition) is 6. The van der Waals surface area contributed by atoms with Crippen molar-refractivity contribution in [2.45, 2.75) is 86.8 Å². The molecule has 1 spiro atoms. The number of anilines is 1. The SMILES string of the molecule is C=CCN(C(=O)[C@H]1[C@H]2C(=O)N([C@@H](CO)C(C)C)C(C(=O)N(CC=C)C(C)CCC)C23CC(Br)[C@@H]1S3)c1ccc(OCC)cc1. The maximum absolute atomic E-state index is 14.8. The summed E-state index contributed by atoms with van der Waals surface area (Å²) < 4.78 is 4.80. The third-order valence-electron chi connectivity index (χ3n) is 9.44. The van der Waals surface area contributed by atoms with Crippen LogP contribution in [-0.2, 0) is 14.4 Å². The first kappa shape index (κ1) is 34.6. The molecule has 10 heteroatoms. The van der Waals surface area contributed by atoms with Crippen molar-refractivity contribution in [1.82, 2.24) is 9.80 Å². The Morgan fingerprint density at radius 2 is 1.82 bits per heavy atom. The molecule has 0 radical (unpaired) electrons. The Kier molecular flexibility index (Phi) is 11.3. The fraction of sp³-hybridized carbons (Fsp3) is 0.618. The highest BCUT2D eigenvalue weighted by molar-refractivity contribution is 9.09. The van der Waals surface area contributed by atoms with Crippen molar-refractivity contribution in [1.29, 1.82) is 0 Å². The van der Waals surface area contributed by atoms with Gasteiger partial charge in [0.15, 0.2) is 0 Å². The van der Waals surface area contributed by atoms with E-state index in [1.807, 2.05) is 56.9 Å². The predicted molar refractivity (Wildman–Crippen MR) is 181 cm³/mol. The molecule has 242 valence electrons. The molecule has 2 bridgehead atoms. The zero-order valence-electron chi connectivity index (χ0n) is 26.7. The average Bonchev–Trinajstić information content (AvgIpc) is 3.58. The second-order valence-electron chi connectivity index (χ2n) is 12.5. The van der Waals surface area contributed by atoms with Gasteiger partial charge in [-0.3, -0.25) is 14.4 Å². The van der Waals surface area contributed by atoms with Crippen LogP contribution in [0.25, 0.3) is 0 Å². The van der Waals surface area contributed by atoms with Crippen molar-refractivity contribution in [2.24, 2.45) is 17.8 Å². The number of ether oxygens (including phenoxy) is 1. The molecule has 8 nitrogen and oxygen atoms in total. The van der Waals surface area contributed by atoms with Gasteiger partial charge in [0, 0.05) is 34.9 Å². The van der Waals surface area contributed by atoms with Crippen LogP contribution in [0.5, 0.6) is 5.75 Å². The van der Waals surface area contributed by atoms with Crippen LogP contribution in [0.2, 0.25) is 0 Å². The summed E-state index contributed by atoms with van der Waals surface area (Å²) in [6.45, 7) is 18.7. The number of amides is 3. The molecule has 3 saturated heterocycles. The van der Waals surface area contributed by atoms with E-state index in [4.69, 9.17) is 4.74 Å². The van der Waals surface area contributed by atoms with Gasteiger partial charge in [0.05, 0.1) is 35.8 Å². The number of nitrogens with zero attached hydrogens (tertiary/aromatic N) is 3. The molecule has 1 aromatic rings. The van der Waals surface area contributed by atoms with E-state index < -0.39 is 28.7 Å². The third-order valence-corrected chi connectivity index (χ3v) is 12.7. The molecule has 3 fully saturated rings. The van der Waals surface area contributed by atoms with E-state index >= 15 is 0 Å². The zero-order chi connectivity index (χ0) is 32.3. The molecule has 0 saturated carbocycles. The Balaban J connectivity index is 1.81. The van der Waals surface area contributed by atoms with Crippen molar-refractivity contribution in [3.05, 3.63) is 49.6 Å². The summed E-state index contributed by atoms with van der Waals surface area (Å²) in [4.78, 5) is 49.2. The molecule has 3 amide bonds. The van der Waals surface area contributed by atoms with Gasteiger partial charge >= 0.3 is 0 Å². The number of carbonyl (C=O) groups is 3. The summed E-state index contributed by atoms with van der Waals surface area (Å²) in [5, 5.41) is 10.4. The molecule has 8 atom stereocenters. The highest BCUT2D eigenvalue weighted by atomic mass is 79.9. The number of halogens is 1. The van der Waals surface area contributed by atoms with Gasteiger partial charge in [-0.2, -0.15) is 0 Å². The first-order valence-electron chi connectivity index (χ1n) is 15.8. The van der Waals surface area contributed by atoms with E-state index in [2.05, 4.69) is 36.0 Å². The van der Waals surface area contributed by atoms with E-state index in [1.54, 1.807) is 33.7 Å². The van der Waals surface area contributed by atoms with Crippen molar-refractivity contribution in [3.63, 3.8) is 0 Å². The maximum atomic E-state index is 14.8. The number of thioether (sulfide) groups is 1. The smallest absolute Gasteiger partial charge is 0.247 e. The van der Waals surface area contributed by atoms with Crippen LogP contribution in [0.15, 0.2) is 49.6 Å². The topological polar surface area (TPSA) is 90.4 Å². The highest BCUT2D eigenvalue weighted by Gasteiger charge is 2.76. The Morgan fingerprint density at radius 3 is 2.36 bits per heavy atom. The van der Waals surface area contributed by atoms with Gasteiger partial charge in [-0.15, -0.1) is 24.9 Å². The van der Waals surface area contributed by atoms with Gasteiger partial charge in [0.1, 0.15) is 11.8 Å². The lowest BCUT2D eigenvalue weighted by Gasteiger charge is -2.42. The highest BCUT2D eigenvalue weighted by Crippen LogP contribution is 2.68. The quantitative estimate of drug-likeness (QED) is 0.199. The summed E-state index contributed by atoms with van der Waals surface area (Å²) in [5.74, 6) is -1.21. The largest absolute Gasteiger partial charge is 0.494 e. The van der Waals surface area contributed by atoms with E-state index in [-0.39, 0.29) is 52.9 Å². The van der Waals surface area contributed by atoms with Gasteiger partial charge in [-0.25, -0.2) is 0 Å². The second-order valence-corrected chi connectivity index (χ2v) is 15.2. The second kappa shape index (κ2) is 14.4. The fourth-order valence-corrected chi connectivity index (χ4v) is 11.1. The number of aliphatic hydroxyl groups excluding tert-OH is 1. The van der Waals surface area contributed by atoms with E-state index in [0.717, 1.165) is 12.8 Å². The van der Waals surface area contributed by atoms with Gasteiger partial charge in [-0.1, -0.05) is 55.3 Å². The van der Waals surface area contributed by atoms with Crippen LogP contribution in [0, 0.1) is 17.8 Å². The summed E-state index contributed by atoms with van der Waals surface area (Å²) in [6, 6.07) is 5.98. The van der Waals surface area contributed by atoms with Gasteiger partial charge in [0.25, 0.3) is 0 Å². The van der Waals surface area contributed by atoms with Crippen LogP contribution in [0.1, 0.15) is 53.9 Å². The molecule has 3 aliphatic rings. The van der Waals surface area contributed by atoms with Gasteiger partial charge < -0.3 is 24.5 Å².